The SMILES string of the molecule is OCCCC(Nc1ccc(F)cc1)C(F)(F)F. The minimum Gasteiger partial charge on any atom is -0.396 e. The van der Waals surface area contributed by atoms with Crippen molar-refractivity contribution in [2.75, 3.05) is 11.9 Å². The summed E-state index contributed by atoms with van der Waals surface area (Å²) in [5.41, 5.74) is 0.201. The van der Waals surface area contributed by atoms with Crippen LogP contribution in [0.3, 0.4) is 0 Å². The summed E-state index contributed by atoms with van der Waals surface area (Å²) in [6.45, 7) is -0.294. The van der Waals surface area contributed by atoms with E-state index in [4.69, 9.17) is 5.11 Å². The standard InChI is InChI=1S/C11H13F4NO/c12-8-3-5-9(6-4-8)16-10(2-1-7-17)11(13,14)15/h3-6,10,16-17H,1-2,7H2. The van der Waals surface area contributed by atoms with Crippen LogP contribution in [0, 0.1) is 5.82 Å². The topological polar surface area (TPSA) is 32.3 Å². The smallest absolute Gasteiger partial charge is 0.396 e. The Morgan fingerprint density at radius 3 is 2.24 bits per heavy atom. The molecule has 0 bridgehead atoms. The highest BCUT2D eigenvalue weighted by Crippen LogP contribution is 2.26. The summed E-state index contributed by atoms with van der Waals surface area (Å²) in [5, 5.41) is 10.8. The van der Waals surface area contributed by atoms with E-state index in [2.05, 4.69) is 5.32 Å². The Hall–Kier alpha value is -1.30. The molecule has 1 rings (SSSR count). The molecule has 0 aliphatic rings. The molecular formula is C11H13F4NO. The van der Waals surface area contributed by atoms with E-state index in [9.17, 15) is 17.6 Å². The van der Waals surface area contributed by atoms with Crippen LogP contribution in [0.25, 0.3) is 0 Å². The molecule has 0 saturated carbocycles. The molecule has 1 unspecified atom stereocenters. The number of aliphatic hydroxyl groups is 1. The first-order valence-electron chi connectivity index (χ1n) is 5.13. The second-order valence-corrected chi connectivity index (χ2v) is 3.61. The van der Waals surface area contributed by atoms with E-state index >= 15 is 0 Å². The molecule has 0 aliphatic heterocycles. The lowest BCUT2D eigenvalue weighted by atomic mass is 10.1. The second kappa shape index (κ2) is 5.86. The Balaban J connectivity index is 2.68. The highest BCUT2D eigenvalue weighted by molar-refractivity contribution is 5.44. The minimum absolute atomic E-state index is 0.0539. The van der Waals surface area contributed by atoms with Crippen molar-refractivity contribution in [1.29, 1.82) is 0 Å². The van der Waals surface area contributed by atoms with Gasteiger partial charge in [0.25, 0.3) is 0 Å². The largest absolute Gasteiger partial charge is 0.408 e. The molecule has 0 aliphatic carbocycles. The molecule has 0 heterocycles. The van der Waals surface area contributed by atoms with Crippen LogP contribution in [0.1, 0.15) is 12.8 Å². The molecule has 0 fully saturated rings. The molecule has 0 aromatic heterocycles. The molecule has 0 saturated heterocycles. The van der Waals surface area contributed by atoms with Gasteiger partial charge in [0.05, 0.1) is 0 Å². The number of alkyl halides is 3. The lowest BCUT2D eigenvalue weighted by Gasteiger charge is -2.22. The van der Waals surface area contributed by atoms with Gasteiger partial charge < -0.3 is 10.4 Å². The Morgan fingerprint density at radius 1 is 1.18 bits per heavy atom. The molecule has 1 atom stereocenters. The molecule has 0 amide bonds. The molecule has 1 aromatic rings. The third-order valence-electron chi connectivity index (χ3n) is 2.23. The van der Waals surface area contributed by atoms with Gasteiger partial charge in [0.2, 0.25) is 0 Å². The van der Waals surface area contributed by atoms with Gasteiger partial charge in [-0.05, 0) is 37.1 Å². The van der Waals surface area contributed by atoms with Crippen molar-refractivity contribution in [3.05, 3.63) is 30.1 Å². The van der Waals surface area contributed by atoms with Crippen molar-refractivity contribution < 1.29 is 22.7 Å². The van der Waals surface area contributed by atoms with Crippen molar-refractivity contribution in [1.82, 2.24) is 0 Å². The lowest BCUT2D eigenvalue weighted by molar-refractivity contribution is -0.144. The fraction of sp³-hybridized carbons (Fsp3) is 0.455. The van der Waals surface area contributed by atoms with E-state index in [0.29, 0.717) is 0 Å². The Morgan fingerprint density at radius 2 is 1.76 bits per heavy atom. The Labute approximate surface area is 96.3 Å². The summed E-state index contributed by atoms with van der Waals surface area (Å²) in [5.74, 6) is -0.505. The van der Waals surface area contributed by atoms with Gasteiger partial charge in [-0.25, -0.2) is 4.39 Å². The van der Waals surface area contributed by atoms with E-state index < -0.39 is 18.0 Å². The van der Waals surface area contributed by atoms with Gasteiger partial charge >= 0.3 is 6.18 Å². The monoisotopic (exact) mass is 251 g/mol. The predicted molar refractivity (Wildman–Crippen MR) is 56.2 cm³/mol. The van der Waals surface area contributed by atoms with Crippen LogP contribution >= 0.6 is 0 Å². The van der Waals surface area contributed by atoms with Gasteiger partial charge in [0.1, 0.15) is 11.9 Å². The fourth-order valence-corrected chi connectivity index (χ4v) is 1.36. The first-order chi connectivity index (χ1) is 7.93. The number of hydrogen-bond acceptors (Lipinski definition) is 2. The lowest BCUT2D eigenvalue weighted by Crippen LogP contribution is -2.36. The summed E-state index contributed by atoms with van der Waals surface area (Å²) in [4.78, 5) is 0. The second-order valence-electron chi connectivity index (χ2n) is 3.61. The summed E-state index contributed by atoms with van der Waals surface area (Å²) in [6, 6.07) is 2.92. The van der Waals surface area contributed by atoms with Crippen LogP contribution in [0.5, 0.6) is 0 Å². The van der Waals surface area contributed by atoms with Crippen molar-refractivity contribution >= 4 is 5.69 Å². The molecule has 2 nitrogen and oxygen atoms in total. The van der Waals surface area contributed by atoms with Gasteiger partial charge in [0.15, 0.2) is 0 Å². The normalized spacial score (nSPS) is 13.5. The molecule has 17 heavy (non-hydrogen) atoms. The van der Waals surface area contributed by atoms with Crippen LogP contribution in [-0.4, -0.2) is 23.9 Å². The summed E-state index contributed by atoms with van der Waals surface area (Å²) in [7, 11) is 0. The predicted octanol–water partition coefficient (Wildman–Crippen LogP) is 2.94. The number of rotatable bonds is 5. The van der Waals surface area contributed by atoms with Gasteiger partial charge in [-0.2, -0.15) is 13.2 Å². The van der Waals surface area contributed by atoms with Crippen LogP contribution < -0.4 is 5.32 Å². The zero-order chi connectivity index (χ0) is 12.9. The Bertz CT molecular complexity index is 336. The van der Waals surface area contributed by atoms with E-state index in [1.165, 1.54) is 12.1 Å². The maximum absolute atomic E-state index is 12.6. The molecular weight excluding hydrogens is 238 g/mol. The number of nitrogens with one attached hydrogen (secondary N) is 1. The van der Waals surface area contributed by atoms with Crippen LogP contribution in [0.15, 0.2) is 24.3 Å². The van der Waals surface area contributed by atoms with Gasteiger partial charge in [0, 0.05) is 12.3 Å². The zero-order valence-corrected chi connectivity index (χ0v) is 8.97. The fourth-order valence-electron chi connectivity index (χ4n) is 1.36. The van der Waals surface area contributed by atoms with Crippen molar-refractivity contribution in [3.8, 4) is 0 Å². The number of benzene rings is 1. The van der Waals surface area contributed by atoms with Crippen molar-refractivity contribution in [2.24, 2.45) is 0 Å². The first-order valence-corrected chi connectivity index (χ1v) is 5.13. The minimum atomic E-state index is -4.40. The molecule has 96 valence electrons. The average Bonchev–Trinajstić information content (AvgIpc) is 2.25. The highest BCUT2D eigenvalue weighted by atomic mass is 19.4. The third kappa shape index (κ3) is 4.60. The van der Waals surface area contributed by atoms with Gasteiger partial charge in [-0.1, -0.05) is 0 Å². The maximum atomic E-state index is 12.6. The van der Waals surface area contributed by atoms with E-state index in [-0.39, 0.29) is 25.1 Å². The summed E-state index contributed by atoms with van der Waals surface area (Å²) in [6.07, 6.45) is -4.57. The molecule has 1 aromatic carbocycles. The highest BCUT2D eigenvalue weighted by Gasteiger charge is 2.38. The third-order valence-corrected chi connectivity index (χ3v) is 2.23. The van der Waals surface area contributed by atoms with Gasteiger partial charge in [-0.15, -0.1) is 0 Å². The van der Waals surface area contributed by atoms with Crippen molar-refractivity contribution in [2.45, 2.75) is 25.1 Å². The molecule has 0 spiro atoms. The first kappa shape index (κ1) is 13.8. The Kier molecular flexibility index (Phi) is 4.74. The number of hydrogen-bond donors (Lipinski definition) is 2. The van der Waals surface area contributed by atoms with Gasteiger partial charge in [-0.3, -0.25) is 0 Å². The molecule has 0 radical (unpaired) electrons. The van der Waals surface area contributed by atoms with Crippen LogP contribution in [0.2, 0.25) is 0 Å². The number of aliphatic hydroxyl groups excluding tert-OH is 1. The molecule has 2 N–H and O–H groups in total. The van der Waals surface area contributed by atoms with E-state index in [1.807, 2.05) is 0 Å². The van der Waals surface area contributed by atoms with E-state index in [0.717, 1.165) is 12.1 Å². The maximum Gasteiger partial charge on any atom is 0.408 e. The number of anilines is 1. The summed E-state index contributed by atoms with van der Waals surface area (Å²) < 4.78 is 50.3. The average molecular weight is 251 g/mol. The van der Waals surface area contributed by atoms with Crippen LogP contribution in [0.4, 0.5) is 23.2 Å². The van der Waals surface area contributed by atoms with E-state index in [1.54, 1.807) is 0 Å². The van der Waals surface area contributed by atoms with Crippen molar-refractivity contribution in [3.63, 3.8) is 0 Å². The zero-order valence-electron chi connectivity index (χ0n) is 8.97. The summed E-state index contributed by atoms with van der Waals surface area (Å²) >= 11 is 0. The number of halogens is 4. The van der Waals surface area contributed by atoms with Crippen LogP contribution in [-0.2, 0) is 0 Å². The quantitative estimate of drug-likeness (QED) is 0.788. The molecule has 6 heteroatoms.